The highest BCUT2D eigenvalue weighted by Crippen LogP contribution is 2.39. The number of hydrogen-bond donors (Lipinski definition) is 2. The Morgan fingerprint density at radius 1 is 1.20 bits per heavy atom. The Kier molecular flexibility index (Phi) is 5.94. The van der Waals surface area contributed by atoms with Crippen molar-refractivity contribution in [2.24, 2.45) is 7.05 Å². The number of hydrogen-bond acceptors (Lipinski definition) is 7. The smallest absolute Gasteiger partial charge is 0.404 e. The van der Waals surface area contributed by atoms with E-state index in [4.69, 9.17) is 11.6 Å². The van der Waals surface area contributed by atoms with Crippen molar-refractivity contribution in [2.45, 2.75) is 13.3 Å². The lowest BCUT2D eigenvalue weighted by Crippen LogP contribution is -2.21. The number of nitrogens with zero attached hydrogens (tertiary/aromatic N) is 4. The van der Waals surface area contributed by atoms with Gasteiger partial charge in [0.2, 0.25) is 5.95 Å². The van der Waals surface area contributed by atoms with Crippen LogP contribution in [0.15, 0.2) is 23.6 Å². The van der Waals surface area contributed by atoms with Crippen molar-refractivity contribution in [3.8, 4) is 5.75 Å². The van der Waals surface area contributed by atoms with E-state index in [1.54, 1.807) is 18.4 Å². The molecule has 3 rings (SSSR count). The summed E-state index contributed by atoms with van der Waals surface area (Å²) in [5, 5.41) is 16.3. The molecule has 2 aromatic heterocycles. The molecular formula is C16H12ClF3N6O3S. The minimum absolute atomic E-state index is 0.0218. The maximum atomic E-state index is 12.8. The molecule has 0 aliphatic carbocycles. The van der Waals surface area contributed by atoms with E-state index < -0.39 is 34.6 Å². The second kappa shape index (κ2) is 8.28. The maximum Gasteiger partial charge on any atom is 0.573 e. The molecule has 0 unspecified atom stereocenters. The average molecular weight is 461 g/mol. The second-order valence-electron chi connectivity index (χ2n) is 5.82. The fourth-order valence-electron chi connectivity index (χ4n) is 2.34. The number of aryl methyl sites for hydroxylation is 2. The molecule has 0 radical (unpaired) electrons. The number of nitrogens with one attached hydrogen (secondary N) is 2. The summed E-state index contributed by atoms with van der Waals surface area (Å²) in [5.74, 6) is -2.30. The van der Waals surface area contributed by atoms with Crippen LogP contribution >= 0.6 is 22.9 Å². The third-order valence-corrected chi connectivity index (χ3v) is 5.13. The quantitative estimate of drug-likeness (QED) is 0.601. The van der Waals surface area contributed by atoms with Gasteiger partial charge in [-0.25, -0.2) is 4.68 Å². The summed E-state index contributed by atoms with van der Waals surface area (Å²) >= 11 is 7.28. The van der Waals surface area contributed by atoms with Crippen molar-refractivity contribution in [1.29, 1.82) is 0 Å². The highest BCUT2D eigenvalue weighted by molar-refractivity contribution is 7.12. The van der Waals surface area contributed by atoms with E-state index in [9.17, 15) is 22.8 Å². The number of rotatable bonds is 5. The van der Waals surface area contributed by atoms with Crippen LogP contribution in [0, 0.1) is 6.92 Å². The molecule has 158 valence electrons. The highest BCUT2D eigenvalue weighted by Gasteiger charge is 2.34. The van der Waals surface area contributed by atoms with E-state index in [2.05, 4.69) is 30.9 Å². The van der Waals surface area contributed by atoms with Crippen LogP contribution in [0.4, 0.5) is 24.8 Å². The van der Waals surface area contributed by atoms with Gasteiger partial charge in [0.15, 0.2) is 5.75 Å². The minimum atomic E-state index is -5.05. The first-order valence-electron chi connectivity index (χ1n) is 8.04. The summed E-state index contributed by atoms with van der Waals surface area (Å²) in [6.07, 6.45) is -5.05. The number of ether oxygens (including phenoxy) is 1. The van der Waals surface area contributed by atoms with Gasteiger partial charge in [0, 0.05) is 7.05 Å². The number of tetrazole rings is 1. The SMILES string of the molecule is Cc1ccsc1C(=O)Nc1c(OC(F)(F)F)ccc(C(=O)Nc2nnnn2C)c1Cl. The predicted molar refractivity (Wildman–Crippen MR) is 102 cm³/mol. The number of thiophene rings is 1. The topological polar surface area (TPSA) is 111 Å². The van der Waals surface area contributed by atoms with Gasteiger partial charge >= 0.3 is 6.36 Å². The minimum Gasteiger partial charge on any atom is -0.404 e. The molecule has 0 aliphatic rings. The molecule has 0 spiro atoms. The Labute approximate surface area is 175 Å². The van der Waals surface area contributed by atoms with Crippen LogP contribution in [0.1, 0.15) is 25.6 Å². The van der Waals surface area contributed by atoms with Gasteiger partial charge in [-0.2, -0.15) is 0 Å². The molecule has 0 saturated heterocycles. The van der Waals surface area contributed by atoms with Gasteiger partial charge in [0.1, 0.15) is 5.69 Å². The number of carbonyl (C=O) groups is 2. The molecule has 9 nitrogen and oxygen atoms in total. The molecule has 30 heavy (non-hydrogen) atoms. The van der Waals surface area contributed by atoms with Gasteiger partial charge in [0.25, 0.3) is 11.8 Å². The third kappa shape index (κ3) is 4.68. The number of anilines is 2. The Morgan fingerprint density at radius 2 is 1.93 bits per heavy atom. The molecule has 3 aromatic rings. The number of amides is 2. The zero-order valence-electron chi connectivity index (χ0n) is 15.2. The zero-order valence-corrected chi connectivity index (χ0v) is 16.8. The Bertz CT molecular complexity index is 1110. The third-order valence-electron chi connectivity index (χ3n) is 3.73. The molecule has 0 bridgehead atoms. The van der Waals surface area contributed by atoms with E-state index in [1.165, 1.54) is 7.05 Å². The van der Waals surface area contributed by atoms with Gasteiger partial charge in [0.05, 0.1) is 15.5 Å². The van der Waals surface area contributed by atoms with E-state index in [-0.39, 0.29) is 16.4 Å². The van der Waals surface area contributed by atoms with Crippen molar-refractivity contribution >= 4 is 46.4 Å². The first-order chi connectivity index (χ1) is 14.1. The Balaban J connectivity index is 1.99. The van der Waals surface area contributed by atoms with Crippen molar-refractivity contribution in [2.75, 3.05) is 10.6 Å². The normalized spacial score (nSPS) is 11.3. The number of benzene rings is 1. The van der Waals surface area contributed by atoms with Crippen molar-refractivity contribution in [1.82, 2.24) is 20.2 Å². The average Bonchev–Trinajstić information content (AvgIpc) is 3.25. The fraction of sp³-hybridized carbons (Fsp3) is 0.188. The number of halogens is 4. The lowest BCUT2D eigenvalue weighted by atomic mass is 10.1. The van der Waals surface area contributed by atoms with E-state index in [0.29, 0.717) is 5.56 Å². The Morgan fingerprint density at radius 3 is 2.50 bits per heavy atom. The molecule has 2 heterocycles. The molecular weight excluding hydrogens is 449 g/mol. The zero-order chi connectivity index (χ0) is 22.1. The molecule has 0 atom stereocenters. The maximum absolute atomic E-state index is 12.8. The number of alkyl halides is 3. The van der Waals surface area contributed by atoms with Crippen LogP contribution in [0.25, 0.3) is 0 Å². The number of carbonyl (C=O) groups excluding carboxylic acids is 2. The first-order valence-corrected chi connectivity index (χ1v) is 9.30. The summed E-state index contributed by atoms with van der Waals surface area (Å²) in [5.41, 5.74) is -0.112. The standard InChI is InChI=1S/C16H12ClF3N6O3S/c1-7-5-6-30-12(7)14(28)21-11-9(29-16(18,19)20)4-3-8(10(11)17)13(27)22-15-23-24-25-26(15)2/h3-6H,1-2H3,(H,21,28)(H,22,23,25,27). The second-order valence-corrected chi connectivity index (χ2v) is 7.11. The van der Waals surface area contributed by atoms with Gasteiger partial charge in [-0.1, -0.05) is 16.7 Å². The molecule has 14 heteroatoms. The largest absolute Gasteiger partial charge is 0.573 e. The van der Waals surface area contributed by atoms with Crippen LogP contribution in [0.5, 0.6) is 5.75 Å². The summed E-state index contributed by atoms with van der Waals surface area (Å²) in [6.45, 7) is 1.67. The van der Waals surface area contributed by atoms with Gasteiger partial charge in [-0.05, 0) is 46.5 Å². The molecule has 0 fully saturated rings. The van der Waals surface area contributed by atoms with Crippen LogP contribution in [0.3, 0.4) is 0 Å². The van der Waals surface area contributed by atoms with Gasteiger partial charge in [-0.15, -0.1) is 24.5 Å². The van der Waals surface area contributed by atoms with E-state index in [0.717, 1.165) is 28.2 Å². The van der Waals surface area contributed by atoms with Gasteiger partial charge in [-0.3, -0.25) is 14.9 Å². The van der Waals surface area contributed by atoms with Crippen molar-refractivity contribution in [3.63, 3.8) is 0 Å². The molecule has 1 aromatic carbocycles. The van der Waals surface area contributed by atoms with Crippen LogP contribution in [-0.2, 0) is 7.05 Å². The summed E-state index contributed by atoms with van der Waals surface area (Å²) in [7, 11) is 1.46. The summed E-state index contributed by atoms with van der Waals surface area (Å²) in [6, 6.07) is 3.57. The molecule has 2 amide bonds. The predicted octanol–water partition coefficient (Wildman–Crippen LogP) is 3.64. The monoisotopic (exact) mass is 460 g/mol. The Hall–Kier alpha value is -3.19. The highest BCUT2D eigenvalue weighted by atomic mass is 35.5. The molecule has 2 N–H and O–H groups in total. The number of aromatic nitrogens is 4. The van der Waals surface area contributed by atoms with Crippen LogP contribution in [0.2, 0.25) is 5.02 Å². The van der Waals surface area contributed by atoms with Crippen LogP contribution < -0.4 is 15.4 Å². The lowest BCUT2D eigenvalue weighted by molar-refractivity contribution is -0.274. The van der Waals surface area contributed by atoms with E-state index in [1.807, 2.05) is 0 Å². The fourth-order valence-corrected chi connectivity index (χ4v) is 3.45. The van der Waals surface area contributed by atoms with Crippen molar-refractivity contribution < 1.29 is 27.5 Å². The first kappa shape index (κ1) is 21.5. The van der Waals surface area contributed by atoms with Crippen molar-refractivity contribution in [3.05, 3.63) is 44.6 Å². The summed E-state index contributed by atoms with van der Waals surface area (Å²) < 4.78 is 43.5. The lowest BCUT2D eigenvalue weighted by Gasteiger charge is -2.17. The molecule has 0 aliphatic heterocycles. The summed E-state index contributed by atoms with van der Waals surface area (Å²) in [4.78, 5) is 25.3. The molecule has 0 saturated carbocycles. The van der Waals surface area contributed by atoms with Gasteiger partial charge < -0.3 is 10.1 Å². The van der Waals surface area contributed by atoms with Crippen LogP contribution in [-0.4, -0.2) is 38.4 Å². The van der Waals surface area contributed by atoms with E-state index >= 15 is 0 Å².